The summed E-state index contributed by atoms with van der Waals surface area (Å²) in [6.07, 6.45) is 0. The van der Waals surface area contributed by atoms with Crippen LogP contribution >= 0.6 is 0 Å². The number of nitriles is 1. The molecule has 2 N–H and O–H groups in total. The van der Waals surface area contributed by atoms with Crippen LogP contribution in [0.3, 0.4) is 0 Å². The first-order valence-electron chi connectivity index (χ1n) is 3.74. The zero-order valence-corrected chi connectivity index (χ0v) is 7.16. The van der Waals surface area contributed by atoms with Gasteiger partial charge in [-0.25, -0.2) is 9.18 Å². The van der Waals surface area contributed by atoms with Crippen LogP contribution in [0.25, 0.3) is 0 Å². The lowest BCUT2D eigenvalue weighted by Crippen LogP contribution is -2.08. The van der Waals surface area contributed by atoms with Crippen molar-refractivity contribution in [2.45, 2.75) is 0 Å². The first-order valence-corrected chi connectivity index (χ1v) is 3.74. The number of carbonyl (C=O) groups excluding carboxylic acids is 1. The SMILES string of the molecule is N#CCOC(=O)c1cc(N)ccc1F. The summed E-state index contributed by atoms with van der Waals surface area (Å²) in [5.74, 6) is -1.61. The molecule has 1 aromatic rings. The number of nitrogen functional groups attached to an aromatic ring is 1. The van der Waals surface area contributed by atoms with Crippen molar-refractivity contribution < 1.29 is 13.9 Å². The number of hydrogen-bond acceptors (Lipinski definition) is 4. The Labute approximate surface area is 79.7 Å². The zero-order valence-electron chi connectivity index (χ0n) is 7.16. The van der Waals surface area contributed by atoms with Crippen LogP contribution in [0.4, 0.5) is 10.1 Å². The van der Waals surface area contributed by atoms with Gasteiger partial charge in [0.2, 0.25) is 0 Å². The molecule has 0 aromatic heterocycles. The van der Waals surface area contributed by atoms with Crippen molar-refractivity contribution in [3.8, 4) is 6.07 Å². The highest BCUT2D eigenvalue weighted by molar-refractivity contribution is 5.90. The number of carbonyl (C=O) groups is 1. The predicted molar refractivity (Wildman–Crippen MR) is 46.7 cm³/mol. The van der Waals surface area contributed by atoms with E-state index in [9.17, 15) is 9.18 Å². The molecule has 0 saturated heterocycles. The van der Waals surface area contributed by atoms with Crippen LogP contribution in [0.1, 0.15) is 10.4 Å². The number of ether oxygens (including phenoxy) is 1. The summed E-state index contributed by atoms with van der Waals surface area (Å²) in [5.41, 5.74) is 5.35. The second-order valence-electron chi connectivity index (χ2n) is 2.47. The lowest BCUT2D eigenvalue weighted by Gasteiger charge is -2.02. The molecule has 1 rings (SSSR count). The molecule has 0 heterocycles. The van der Waals surface area contributed by atoms with Crippen LogP contribution in [-0.4, -0.2) is 12.6 Å². The van der Waals surface area contributed by atoms with Gasteiger partial charge in [0.1, 0.15) is 11.9 Å². The number of anilines is 1. The Morgan fingerprint density at radius 2 is 2.36 bits per heavy atom. The van der Waals surface area contributed by atoms with Crippen LogP contribution in [0, 0.1) is 17.1 Å². The third-order valence-electron chi connectivity index (χ3n) is 1.48. The molecule has 5 heteroatoms. The third kappa shape index (κ3) is 2.20. The molecule has 0 atom stereocenters. The smallest absolute Gasteiger partial charge is 0.342 e. The maximum atomic E-state index is 13.0. The van der Waals surface area contributed by atoms with Gasteiger partial charge in [0, 0.05) is 5.69 Å². The molecule has 0 bridgehead atoms. The van der Waals surface area contributed by atoms with Crippen molar-refractivity contribution in [2.24, 2.45) is 0 Å². The predicted octanol–water partition coefficient (Wildman–Crippen LogP) is 1.09. The van der Waals surface area contributed by atoms with Gasteiger partial charge in [0.05, 0.1) is 5.56 Å². The largest absolute Gasteiger partial charge is 0.447 e. The quantitative estimate of drug-likeness (QED) is 0.564. The number of nitrogens with two attached hydrogens (primary N) is 1. The van der Waals surface area contributed by atoms with Gasteiger partial charge < -0.3 is 10.5 Å². The van der Waals surface area contributed by atoms with Crippen molar-refractivity contribution in [1.82, 2.24) is 0 Å². The van der Waals surface area contributed by atoms with E-state index in [0.29, 0.717) is 0 Å². The second-order valence-corrected chi connectivity index (χ2v) is 2.47. The number of esters is 1. The minimum Gasteiger partial charge on any atom is -0.447 e. The molecular weight excluding hydrogens is 187 g/mol. The maximum Gasteiger partial charge on any atom is 0.342 e. The Morgan fingerprint density at radius 1 is 1.64 bits per heavy atom. The van der Waals surface area contributed by atoms with Gasteiger partial charge in [-0.1, -0.05) is 0 Å². The van der Waals surface area contributed by atoms with Crippen molar-refractivity contribution in [3.63, 3.8) is 0 Å². The van der Waals surface area contributed by atoms with E-state index in [1.54, 1.807) is 6.07 Å². The van der Waals surface area contributed by atoms with Crippen molar-refractivity contribution in [1.29, 1.82) is 5.26 Å². The highest BCUT2D eigenvalue weighted by atomic mass is 19.1. The van der Waals surface area contributed by atoms with Crippen LogP contribution in [-0.2, 0) is 4.74 Å². The zero-order chi connectivity index (χ0) is 10.6. The normalized spacial score (nSPS) is 9.14. The number of halogens is 1. The second kappa shape index (κ2) is 4.23. The molecule has 4 nitrogen and oxygen atoms in total. The Bertz CT molecular complexity index is 398. The van der Waals surface area contributed by atoms with E-state index in [1.807, 2.05) is 0 Å². The average Bonchev–Trinajstić information content (AvgIpc) is 2.18. The van der Waals surface area contributed by atoms with Crippen molar-refractivity contribution in [3.05, 3.63) is 29.6 Å². The lowest BCUT2D eigenvalue weighted by atomic mass is 10.2. The Balaban J connectivity index is 2.90. The summed E-state index contributed by atoms with van der Waals surface area (Å²) in [6, 6.07) is 5.16. The van der Waals surface area contributed by atoms with Gasteiger partial charge in [-0.15, -0.1) is 0 Å². The Morgan fingerprint density at radius 3 is 3.00 bits per heavy atom. The van der Waals surface area contributed by atoms with Crippen LogP contribution in [0.2, 0.25) is 0 Å². The Kier molecular flexibility index (Phi) is 3.02. The molecule has 0 fully saturated rings. The molecule has 0 amide bonds. The number of nitrogens with zero attached hydrogens (tertiary/aromatic N) is 1. The number of benzene rings is 1. The van der Waals surface area contributed by atoms with Crippen molar-refractivity contribution >= 4 is 11.7 Å². The summed E-state index contributed by atoms with van der Waals surface area (Å²) >= 11 is 0. The monoisotopic (exact) mass is 194 g/mol. The van der Waals surface area contributed by atoms with E-state index in [2.05, 4.69) is 4.74 Å². The molecule has 0 spiro atoms. The summed E-state index contributed by atoms with van der Waals surface area (Å²) in [6.45, 7) is -0.410. The number of hydrogen-bond donors (Lipinski definition) is 1. The molecule has 0 aliphatic rings. The van der Waals surface area contributed by atoms with E-state index in [4.69, 9.17) is 11.0 Å². The topological polar surface area (TPSA) is 76.1 Å². The third-order valence-corrected chi connectivity index (χ3v) is 1.48. The van der Waals surface area contributed by atoms with E-state index in [0.717, 1.165) is 12.1 Å². The molecule has 0 aliphatic carbocycles. The summed E-state index contributed by atoms with van der Waals surface area (Å²) in [7, 11) is 0. The molecule has 0 saturated carbocycles. The minimum atomic E-state index is -0.892. The highest BCUT2D eigenvalue weighted by Crippen LogP contribution is 2.12. The van der Waals surface area contributed by atoms with Gasteiger partial charge in [-0.3, -0.25) is 0 Å². The first kappa shape index (κ1) is 9.99. The van der Waals surface area contributed by atoms with Crippen molar-refractivity contribution in [2.75, 3.05) is 12.3 Å². The van der Waals surface area contributed by atoms with Gasteiger partial charge in [0.25, 0.3) is 0 Å². The van der Waals surface area contributed by atoms with E-state index >= 15 is 0 Å². The highest BCUT2D eigenvalue weighted by Gasteiger charge is 2.12. The summed E-state index contributed by atoms with van der Waals surface area (Å²) < 4.78 is 17.4. The van der Waals surface area contributed by atoms with E-state index in [-0.39, 0.29) is 11.3 Å². The lowest BCUT2D eigenvalue weighted by molar-refractivity contribution is 0.0550. The molecule has 0 aliphatic heterocycles. The fraction of sp³-hybridized carbons (Fsp3) is 0.111. The summed E-state index contributed by atoms with van der Waals surface area (Å²) in [5, 5.41) is 8.14. The first-order chi connectivity index (χ1) is 6.65. The molecule has 1 aromatic carbocycles. The van der Waals surface area contributed by atoms with E-state index in [1.165, 1.54) is 6.07 Å². The van der Waals surface area contributed by atoms with Gasteiger partial charge in [0.15, 0.2) is 6.61 Å². The molecule has 0 unspecified atom stereocenters. The van der Waals surface area contributed by atoms with Gasteiger partial charge in [-0.05, 0) is 18.2 Å². The van der Waals surface area contributed by atoms with Crippen LogP contribution in [0.15, 0.2) is 18.2 Å². The van der Waals surface area contributed by atoms with Gasteiger partial charge in [-0.2, -0.15) is 5.26 Å². The average molecular weight is 194 g/mol. The molecule has 0 radical (unpaired) electrons. The molecule has 72 valence electrons. The molecule has 14 heavy (non-hydrogen) atoms. The van der Waals surface area contributed by atoms with Gasteiger partial charge >= 0.3 is 5.97 Å². The van der Waals surface area contributed by atoms with E-state index < -0.39 is 18.4 Å². The fourth-order valence-electron chi connectivity index (χ4n) is 0.875. The summed E-state index contributed by atoms with van der Waals surface area (Å²) in [4.78, 5) is 11.1. The standard InChI is InChI=1S/C9H7FN2O2/c10-8-2-1-6(12)5-7(8)9(13)14-4-3-11/h1-2,5H,4,12H2. The van der Waals surface area contributed by atoms with Crippen LogP contribution in [0.5, 0.6) is 0 Å². The number of rotatable bonds is 2. The Hall–Kier alpha value is -2.09. The maximum absolute atomic E-state index is 13.0. The fourth-order valence-corrected chi connectivity index (χ4v) is 0.875. The molecular formula is C9H7FN2O2. The minimum absolute atomic E-state index is 0.260. The van der Waals surface area contributed by atoms with Crippen LogP contribution < -0.4 is 5.73 Å².